The number of morpholine rings is 1. The van der Waals surface area contributed by atoms with Crippen LogP contribution in [0.4, 0.5) is 5.82 Å². The molecule has 0 aromatic carbocycles. The molecule has 1 aromatic rings. The Balaban J connectivity index is 1.99. The highest BCUT2D eigenvalue weighted by molar-refractivity contribution is 6.99. The number of hydrogen-bond donors (Lipinski definition) is 1. The standard InChI is InChI=1S/C18H30N4O6S/c1-12(27-13(2)23)17(24)28-14(10-19-18(3,4)5)11-26-16-15(20-29-21-16)22-6-8-25-9-7-22/h12,14,19H,6-11H2,1-5H3/t12-,14-/m0/s1. The van der Waals surface area contributed by atoms with Gasteiger partial charge in [0.25, 0.3) is 5.88 Å². The van der Waals surface area contributed by atoms with Crippen LogP contribution in [-0.2, 0) is 23.8 Å². The van der Waals surface area contributed by atoms with Gasteiger partial charge in [-0.2, -0.15) is 4.37 Å². The maximum atomic E-state index is 12.3. The summed E-state index contributed by atoms with van der Waals surface area (Å²) in [6, 6.07) is 0. The van der Waals surface area contributed by atoms with Crippen molar-refractivity contribution in [1.82, 2.24) is 14.1 Å². The molecule has 0 saturated carbocycles. The molecule has 164 valence electrons. The largest absolute Gasteiger partial charge is 0.470 e. The first-order valence-corrected chi connectivity index (χ1v) is 10.3. The Kier molecular flexibility index (Phi) is 8.60. The van der Waals surface area contributed by atoms with Crippen molar-refractivity contribution in [2.45, 2.75) is 52.4 Å². The molecule has 0 spiro atoms. The van der Waals surface area contributed by atoms with Crippen LogP contribution in [0.2, 0.25) is 0 Å². The van der Waals surface area contributed by atoms with E-state index < -0.39 is 24.1 Å². The molecule has 29 heavy (non-hydrogen) atoms. The number of ether oxygens (including phenoxy) is 4. The van der Waals surface area contributed by atoms with Gasteiger partial charge in [-0.3, -0.25) is 4.79 Å². The van der Waals surface area contributed by atoms with Crippen LogP contribution < -0.4 is 15.0 Å². The van der Waals surface area contributed by atoms with Crippen molar-refractivity contribution in [3.8, 4) is 5.88 Å². The van der Waals surface area contributed by atoms with Gasteiger partial charge in [-0.05, 0) is 27.7 Å². The lowest BCUT2D eigenvalue weighted by Gasteiger charge is -2.28. The first-order chi connectivity index (χ1) is 13.7. The minimum Gasteiger partial charge on any atom is -0.470 e. The van der Waals surface area contributed by atoms with E-state index in [2.05, 4.69) is 19.0 Å². The number of anilines is 1. The molecule has 2 heterocycles. The van der Waals surface area contributed by atoms with Gasteiger partial charge in [0, 0.05) is 32.1 Å². The van der Waals surface area contributed by atoms with E-state index in [4.69, 9.17) is 18.9 Å². The highest BCUT2D eigenvalue weighted by atomic mass is 32.1. The molecule has 10 nitrogen and oxygen atoms in total. The molecule has 1 fully saturated rings. The fourth-order valence-electron chi connectivity index (χ4n) is 2.52. The van der Waals surface area contributed by atoms with Gasteiger partial charge >= 0.3 is 11.9 Å². The zero-order valence-electron chi connectivity index (χ0n) is 17.6. The highest BCUT2D eigenvalue weighted by Gasteiger charge is 2.26. The van der Waals surface area contributed by atoms with E-state index in [0.717, 1.165) is 11.7 Å². The average Bonchev–Trinajstić information content (AvgIpc) is 3.12. The molecule has 0 aliphatic carbocycles. The summed E-state index contributed by atoms with van der Waals surface area (Å²) in [5.74, 6) is -0.102. The molecule has 0 radical (unpaired) electrons. The molecular formula is C18H30N4O6S. The van der Waals surface area contributed by atoms with Crippen LogP contribution in [0.3, 0.4) is 0 Å². The third-order valence-corrected chi connectivity index (χ3v) is 4.48. The first-order valence-electron chi connectivity index (χ1n) is 9.56. The molecule has 0 amide bonds. The van der Waals surface area contributed by atoms with Crippen molar-refractivity contribution in [2.24, 2.45) is 0 Å². The Labute approximate surface area is 175 Å². The van der Waals surface area contributed by atoms with E-state index in [9.17, 15) is 9.59 Å². The number of carbonyl (C=O) groups excluding carboxylic acids is 2. The van der Waals surface area contributed by atoms with E-state index >= 15 is 0 Å². The molecule has 1 aliphatic rings. The summed E-state index contributed by atoms with van der Waals surface area (Å²) in [7, 11) is 0. The monoisotopic (exact) mass is 430 g/mol. The van der Waals surface area contributed by atoms with Gasteiger partial charge in [-0.15, -0.1) is 4.37 Å². The van der Waals surface area contributed by atoms with Crippen LogP contribution in [0.15, 0.2) is 0 Å². The summed E-state index contributed by atoms with van der Waals surface area (Å²) in [5, 5.41) is 3.29. The smallest absolute Gasteiger partial charge is 0.347 e. The van der Waals surface area contributed by atoms with E-state index in [1.54, 1.807) is 0 Å². The van der Waals surface area contributed by atoms with Crippen molar-refractivity contribution >= 4 is 29.5 Å². The first kappa shape index (κ1) is 23.3. The molecule has 1 aliphatic heterocycles. The maximum Gasteiger partial charge on any atom is 0.347 e. The lowest BCUT2D eigenvalue weighted by molar-refractivity contribution is -0.170. The van der Waals surface area contributed by atoms with Gasteiger partial charge in [0.1, 0.15) is 12.7 Å². The van der Waals surface area contributed by atoms with Crippen molar-refractivity contribution in [1.29, 1.82) is 0 Å². The number of aromatic nitrogens is 2. The normalized spacial score (nSPS) is 16.8. The summed E-state index contributed by atoms with van der Waals surface area (Å²) >= 11 is 1.07. The predicted molar refractivity (Wildman–Crippen MR) is 107 cm³/mol. The number of hydrogen-bond acceptors (Lipinski definition) is 11. The Morgan fingerprint density at radius 2 is 1.93 bits per heavy atom. The zero-order chi connectivity index (χ0) is 21.4. The Hall–Kier alpha value is -1.98. The van der Waals surface area contributed by atoms with Gasteiger partial charge in [0.2, 0.25) is 5.82 Å². The Bertz CT molecular complexity index is 672. The van der Waals surface area contributed by atoms with Crippen molar-refractivity contribution in [2.75, 3.05) is 44.4 Å². The number of nitrogens with one attached hydrogen (secondary N) is 1. The van der Waals surface area contributed by atoms with Gasteiger partial charge < -0.3 is 29.2 Å². The van der Waals surface area contributed by atoms with Gasteiger partial charge in [0.15, 0.2) is 6.10 Å². The third-order valence-electron chi connectivity index (χ3n) is 3.98. The molecule has 11 heteroatoms. The quantitative estimate of drug-likeness (QED) is 0.570. The molecule has 1 saturated heterocycles. The average molecular weight is 431 g/mol. The molecule has 1 aromatic heterocycles. The zero-order valence-corrected chi connectivity index (χ0v) is 18.4. The highest BCUT2D eigenvalue weighted by Crippen LogP contribution is 2.26. The van der Waals surface area contributed by atoms with Crippen LogP contribution in [0.5, 0.6) is 5.88 Å². The summed E-state index contributed by atoms with van der Waals surface area (Å²) < 4.78 is 30.2. The minimum atomic E-state index is -0.991. The number of nitrogens with zero attached hydrogens (tertiary/aromatic N) is 3. The Morgan fingerprint density at radius 3 is 2.55 bits per heavy atom. The lowest BCUT2D eigenvalue weighted by Crippen LogP contribution is -2.45. The van der Waals surface area contributed by atoms with E-state index in [0.29, 0.717) is 44.5 Å². The second-order valence-electron chi connectivity index (χ2n) is 7.74. The maximum absolute atomic E-state index is 12.3. The van der Waals surface area contributed by atoms with Crippen molar-refractivity contribution < 1.29 is 28.5 Å². The van der Waals surface area contributed by atoms with Crippen molar-refractivity contribution in [3.63, 3.8) is 0 Å². The number of carbonyl (C=O) groups is 2. The van der Waals surface area contributed by atoms with Crippen LogP contribution in [-0.4, -0.2) is 77.9 Å². The second kappa shape index (κ2) is 10.7. The van der Waals surface area contributed by atoms with Gasteiger partial charge in [0.05, 0.1) is 24.9 Å². The molecule has 2 atom stereocenters. The van der Waals surface area contributed by atoms with Gasteiger partial charge in [-0.1, -0.05) is 0 Å². The Morgan fingerprint density at radius 1 is 1.24 bits per heavy atom. The summed E-state index contributed by atoms with van der Waals surface area (Å²) in [6.07, 6.45) is -1.59. The topological polar surface area (TPSA) is 112 Å². The van der Waals surface area contributed by atoms with E-state index in [1.165, 1.54) is 13.8 Å². The SMILES string of the molecule is CC(=O)O[C@@H](C)C(=O)O[C@@H](CNC(C)(C)C)COc1nsnc1N1CCOCC1. The molecule has 0 bridgehead atoms. The van der Waals surface area contributed by atoms with Crippen LogP contribution in [0, 0.1) is 0 Å². The van der Waals surface area contributed by atoms with Crippen LogP contribution in [0.25, 0.3) is 0 Å². The van der Waals surface area contributed by atoms with Crippen LogP contribution in [0.1, 0.15) is 34.6 Å². The summed E-state index contributed by atoms with van der Waals surface area (Å²) in [5.41, 5.74) is -0.173. The molecule has 1 N–H and O–H groups in total. The van der Waals surface area contributed by atoms with Gasteiger partial charge in [-0.25, -0.2) is 4.79 Å². The summed E-state index contributed by atoms with van der Waals surface area (Å²) in [6.45, 7) is 11.9. The number of esters is 2. The predicted octanol–water partition coefficient (Wildman–Crippen LogP) is 1.01. The fraction of sp³-hybridized carbons (Fsp3) is 0.778. The summed E-state index contributed by atoms with van der Waals surface area (Å²) in [4.78, 5) is 25.4. The van der Waals surface area contributed by atoms with Crippen molar-refractivity contribution in [3.05, 3.63) is 0 Å². The number of rotatable bonds is 9. The second-order valence-corrected chi connectivity index (χ2v) is 8.27. The van der Waals surface area contributed by atoms with E-state index in [-0.39, 0.29) is 12.1 Å². The third kappa shape index (κ3) is 8.11. The molecule has 0 unspecified atom stereocenters. The fourth-order valence-corrected chi connectivity index (χ4v) is 3.04. The minimum absolute atomic E-state index is 0.0877. The molecule has 2 rings (SSSR count). The van der Waals surface area contributed by atoms with E-state index in [1.807, 2.05) is 20.8 Å². The molecular weight excluding hydrogens is 400 g/mol. The van der Waals surface area contributed by atoms with Crippen LogP contribution >= 0.6 is 11.7 Å². The lowest BCUT2D eigenvalue weighted by atomic mass is 10.1.